The second-order valence-corrected chi connectivity index (χ2v) is 8.46. The van der Waals surface area contributed by atoms with Gasteiger partial charge in [-0.15, -0.1) is 0 Å². The van der Waals surface area contributed by atoms with Gasteiger partial charge >= 0.3 is 12.1 Å². The molecule has 1 aliphatic carbocycles. The lowest BCUT2D eigenvalue weighted by molar-refractivity contribution is -0.154. The second-order valence-electron chi connectivity index (χ2n) is 8.46. The molecule has 35 heavy (non-hydrogen) atoms. The van der Waals surface area contributed by atoms with E-state index in [0.29, 0.717) is 44.8 Å². The molecule has 4 rings (SSSR count). The standard InChI is InChI=1S/C23H24F3N3O6/c24-23(25,26)14-5-6-18(28-7-9-34-10-8-28)17(11-14)27-19(30)13-35-20(31)12-29-21(32)15-3-1-2-4-16(15)22(29)33/h1-2,5-6,11,15-16H,3-4,7-10,12-13H2,(H,27,30)/t15-,16-/m1/s1. The van der Waals surface area contributed by atoms with Crippen LogP contribution in [0.15, 0.2) is 30.4 Å². The number of hydrogen-bond donors (Lipinski definition) is 1. The SMILES string of the molecule is O=C(COC(=O)CN1C(=O)[C@@H]2CC=CC[C@H]2C1=O)Nc1cc(C(F)(F)F)ccc1N1CCOCC1. The predicted molar refractivity (Wildman–Crippen MR) is 116 cm³/mol. The first-order chi connectivity index (χ1) is 16.6. The molecule has 2 atom stereocenters. The van der Waals surface area contributed by atoms with Gasteiger partial charge in [0.05, 0.1) is 42.0 Å². The van der Waals surface area contributed by atoms with E-state index in [1.165, 1.54) is 6.07 Å². The van der Waals surface area contributed by atoms with Gasteiger partial charge in [-0.25, -0.2) is 0 Å². The van der Waals surface area contributed by atoms with Crippen LogP contribution in [0.5, 0.6) is 0 Å². The number of alkyl halides is 3. The average Bonchev–Trinajstić information content (AvgIpc) is 3.08. The average molecular weight is 495 g/mol. The summed E-state index contributed by atoms with van der Waals surface area (Å²) >= 11 is 0. The molecule has 9 nitrogen and oxygen atoms in total. The number of benzene rings is 1. The summed E-state index contributed by atoms with van der Waals surface area (Å²) in [5.41, 5.74) is -0.640. The van der Waals surface area contributed by atoms with E-state index in [9.17, 15) is 32.3 Å². The molecular weight excluding hydrogens is 471 g/mol. The zero-order valence-corrected chi connectivity index (χ0v) is 18.7. The maximum absolute atomic E-state index is 13.2. The Hall–Kier alpha value is -3.41. The molecule has 3 aliphatic rings. The molecular formula is C23H24F3N3O6. The summed E-state index contributed by atoms with van der Waals surface area (Å²) in [4.78, 5) is 52.1. The monoisotopic (exact) mass is 495 g/mol. The predicted octanol–water partition coefficient (Wildman–Crippen LogP) is 1.97. The highest BCUT2D eigenvalue weighted by atomic mass is 19.4. The van der Waals surface area contributed by atoms with Crippen molar-refractivity contribution in [2.45, 2.75) is 19.0 Å². The highest BCUT2D eigenvalue weighted by Crippen LogP contribution is 2.36. The number of halogens is 3. The molecule has 0 radical (unpaired) electrons. The summed E-state index contributed by atoms with van der Waals surface area (Å²) in [7, 11) is 0. The first kappa shape index (κ1) is 24.7. The van der Waals surface area contributed by atoms with Crippen molar-refractivity contribution >= 4 is 35.1 Å². The molecule has 0 aromatic heterocycles. The normalized spacial score (nSPS) is 22.3. The number of nitrogens with zero attached hydrogens (tertiary/aromatic N) is 2. The number of anilines is 2. The van der Waals surface area contributed by atoms with Crippen molar-refractivity contribution in [3.63, 3.8) is 0 Å². The van der Waals surface area contributed by atoms with E-state index < -0.39 is 60.4 Å². The minimum Gasteiger partial charge on any atom is -0.454 e. The third-order valence-electron chi connectivity index (χ3n) is 6.20. The van der Waals surface area contributed by atoms with Crippen LogP contribution in [-0.2, 0) is 34.8 Å². The van der Waals surface area contributed by atoms with Crippen molar-refractivity contribution < 1.29 is 41.8 Å². The van der Waals surface area contributed by atoms with Crippen LogP contribution in [0, 0.1) is 11.8 Å². The summed E-state index contributed by atoms with van der Waals surface area (Å²) in [6.45, 7) is 0.218. The number of likely N-dealkylation sites (tertiary alicyclic amines) is 1. The van der Waals surface area contributed by atoms with E-state index >= 15 is 0 Å². The number of hydrogen-bond acceptors (Lipinski definition) is 7. The van der Waals surface area contributed by atoms with Crippen LogP contribution in [0.1, 0.15) is 18.4 Å². The second kappa shape index (κ2) is 10.1. The van der Waals surface area contributed by atoms with E-state index in [1.54, 1.807) is 4.90 Å². The molecule has 2 saturated heterocycles. The van der Waals surface area contributed by atoms with E-state index in [4.69, 9.17) is 9.47 Å². The van der Waals surface area contributed by atoms with Crippen molar-refractivity contribution in [3.8, 4) is 0 Å². The van der Waals surface area contributed by atoms with Gasteiger partial charge in [0, 0.05) is 13.1 Å². The minimum absolute atomic E-state index is 0.0794. The number of nitrogens with one attached hydrogen (secondary N) is 1. The van der Waals surface area contributed by atoms with Crippen molar-refractivity contribution in [3.05, 3.63) is 35.9 Å². The van der Waals surface area contributed by atoms with Crippen molar-refractivity contribution in [2.24, 2.45) is 11.8 Å². The van der Waals surface area contributed by atoms with E-state index in [2.05, 4.69) is 5.32 Å². The third kappa shape index (κ3) is 5.47. The van der Waals surface area contributed by atoms with Gasteiger partial charge in [-0.1, -0.05) is 12.2 Å². The number of morpholine rings is 1. The molecule has 2 fully saturated rings. The van der Waals surface area contributed by atoms with Crippen LogP contribution in [0.2, 0.25) is 0 Å². The van der Waals surface area contributed by atoms with E-state index in [0.717, 1.165) is 17.0 Å². The zero-order chi connectivity index (χ0) is 25.2. The fraction of sp³-hybridized carbons (Fsp3) is 0.478. The summed E-state index contributed by atoms with van der Waals surface area (Å²) in [5.74, 6) is -3.73. The Morgan fingerprint density at radius 2 is 1.69 bits per heavy atom. The molecule has 2 heterocycles. The number of carbonyl (C=O) groups is 4. The Bertz CT molecular complexity index is 1030. The topological polar surface area (TPSA) is 105 Å². The molecule has 0 bridgehead atoms. The fourth-order valence-electron chi connectivity index (χ4n) is 4.42. The van der Waals surface area contributed by atoms with E-state index in [-0.39, 0.29) is 5.69 Å². The molecule has 0 unspecified atom stereocenters. The smallest absolute Gasteiger partial charge is 0.416 e. The number of imide groups is 1. The molecule has 188 valence electrons. The van der Waals surface area contributed by atoms with Crippen LogP contribution in [-0.4, -0.2) is 68.0 Å². The van der Waals surface area contributed by atoms with E-state index in [1.807, 2.05) is 12.2 Å². The number of amides is 3. The van der Waals surface area contributed by atoms with Gasteiger partial charge in [-0.3, -0.25) is 24.1 Å². The Balaban J connectivity index is 1.37. The lowest BCUT2D eigenvalue weighted by Gasteiger charge is -2.31. The quantitative estimate of drug-likeness (QED) is 0.366. The van der Waals surface area contributed by atoms with Crippen molar-refractivity contribution in [1.29, 1.82) is 0 Å². The zero-order valence-electron chi connectivity index (χ0n) is 18.7. The number of esters is 1. The molecule has 0 spiro atoms. The molecule has 2 aliphatic heterocycles. The molecule has 12 heteroatoms. The van der Waals surface area contributed by atoms with Gasteiger partial charge in [0.2, 0.25) is 11.8 Å². The van der Waals surface area contributed by atoms with Gasteiger partial charge in [0.15, 0.2) is 6.61 Å². The van der Waals surface area contributed by atoms with Crippen LogP contribution in [0.25, 0.3) is 0 Å². The Kier molecular flexibility index (Phi) is 7.10. The number of ether oxygens (including phenoxy) is 2. The highest BCUT2D eigenvalue weighted by molar-refractivity contribution is 6.07. The summed E-state index contributed by atoms with van der Waals surface area (Å²) in [5, 5.41) is 2.37. The summed E-state index contributed by atoms with van der Waals surface area (Å²) < 4.78 is 49.8. The van der Waals surface area contributed by atoms with Crippen LogP contribution in [0.4, 0.5) is 24.5 Å². The van der Waals surface area contributed by atoms with Crippen LogP contribution in [0.3, 0.4) is 0 Å². The Morgan fingerprint density at radius 1 is 1.06 bits per heavy atom. The van der Waals surface area contributed by atoms with Gasteiger partial charge in [0.1, 0.15) is 6.54 Å². The summed E-state index contributed by atoms with van der Waals surface area (Å²) in [6.07, 6.45) is -0.136. The van der Waals surface area contributed by atoms with Crippen molar-refractivity contribution in [2.75, 3.05) is 49.7 Å². The maximum atomic E-state index is 13.2. The fourth-order valence-corrected chi connectivity index (χ4v) is 4.42. The molecule has 1 aromatic rings. The van der Waals surface area contributed by atoms with Gasteiger partial charge in [0.25, 0.3) is 5.91 Å². The van der Waals surface area contributed by atoms with Gasteiger partial charge in [-0.05, 0) is 31.0 Å². The minimum atomic E-state index is -4.61. The number of fused-ring (bicyclic) bond motifs is 1. The third-order valence-corrected chi connectivity index (χ3v) is 6.20. The lowest BCUT2D eigenvalue weighted by atomic mass is 9.85. The molecule has 0 saturated carbocycles. The number of allylic oxidation sites excluding steroid dienone is 2. The number of carbonyl (C=O) groups excluding carboxylic acids is 4. The molecule has 1 N–H and O–H groups in total. The summed E-state index contributed by atoms with van der Waals surface area (Å²) in [6, 6.07) is 3.02. The molecule has 1 aromatic carbocycles. The van der Waals surface area contributed by atoms with Gasteiger partial charge in [-0.2, -0.15) is 13.2 Å². The number of rotatable bonds is 6. The Labute approximate surface area is 198 Å². The maximum Gasteiger partial charge on any atom is 0.416 e. The first-order valence-corrected chi connectivity index (χ1v) is 11.1. The van der Waals surface area contributed by atoms with Gasteiger partial charge < -0.3 is 19.7 Å². The van der Waals surface area contributed by atoms with Crippen molar-refractivity contribution in [1.82, 2.24) is 4.90 Å². The largest absolute Gasteiger partial charge is 0.454 e. The highest BCUT2D eigenvalue weighted by Gasteiger charge is 2.47. The lowest BCUT2D eigenvalue weighted by Crippen LogP contribution is -2.38. The first-order valence-electron chi connectivity index (χ1n) is 11.1. The van der Waals surface area contributed by atoms with Crippen LogP contribution >= 0.6 is 0 Å². The van der Waals surface area contributed by atoms with Crippen LogP contribution < -0.4 is 10.2 Å². The Morgan fingerprint density at radius 3 is 2.29 bits per heavy atom. The molecule has 3 amide bonds.